The van der Waals surface area contributed by atoms with Gasteiger partial charge in [0.05, 0.1) is 11.6 Å². The van der Waals surface area contributed by atoms with E-state index in [4.69, 9.17) is 0 Å². The van der Waals surface area contributed by atoms with Crippen LogP contribution in [-0.4, -0.2) is 89.5 Å². The second-order valence-electron chi connectivity index (χ2n) is 7.77. The number of hydrogen-bond acceptors (Lipinski definition) is 5. The topological polar surface area (TPSA) is 80.8 Å². The highest BCUT2D eigenvalue weighted by Crippen LogP contribution is 2.28. The predicted molar refractivity (Wildman–Crippen MR) is 105 cm³/mol. The van der Waals surface area contributed by atoms with Crippen LogP contribution in [0.25, 0.3) is 0 Å². The van der Waals surface area contributed by atoms with Crippen molar-refractivity contribution in [3.8, 4) is 0 Å². The van der Waals surface area contributed by atoms with E-state index in [0.717, 1.165) is 25.2 Å². The van der Waals surface area contributed by atoms with E-state index in [1.54, 1.807) is 4.90 Å². The van der Waals surface area contributed by atoms with E-state index in [0.29, 0.717) is 45.0 Å². The Labute approximate surface area is 173 Å². The lowest BCUT2D eigenvalue weighted by molar-refractivity contribution is -0.138. The third-order valence-electron chi connectivity index (χ3n) is 5.44. The van der Waals surface area contributed by atoms with Crippen LogP contribution in [0.2, 0.25) is 0 Å². The van der Waals surface area contributed by atoms with Crippen LogP contribution in [-0.2, 0) is 11.0 Å². The molecule has 3 heterocycles. The minimum absolute atomic E-state index is 0.0322. The molecule has 30 heavy (non-hydrogen) atoms. The molecule has 8 nitrogen and oxygen atoms in total. The molecule has 0 unspecified atom stereocenters. The normalized spacial score (nSPS) is 21.1. The fourth-order valence-corrected chi connectivity index (χ4v) is 3.58. The summed E-state index contributed by atoms with van der Waals surface area (Å²) in [4.78, 5) is 34.4. The van der Waals surface area contributed by atoms with Crippen LogP contribution in [0.3, 0.4) is 0 Å². The summed E-state index contributed by atoms with van der Waals surface area (Å²) in [6.07, 6.45) is -3.79. The number of alkyl halides is 3. The molecule has 2 aliphatic heterocycles. The Balaban J connectivity index is 1.49. The molecule has 11 heteroatoms. The Kier molecular flexibility index (Phi) is 6.81. The van der Waals surface area contributed by atoms with Gasteiger partial charge in [0.15, 0.2) is 0 Å². The number of pyridine rings is 1. The molecule has 1 aromatic heterocycles. The summed E-state index contributed by atoms with van der Waals surface area (Å²) in [5.41, 5.74) is -0.875. The fourth-order valence-electron chi connectivity index (χ4n) is 3.58. The smallest absolute Gasteiger partial charge is 0.338 e. The Hall–Kier alpha value is -2.40. The Morgan fingerprint density at radius 3 is 2.37 bits per heavy atom. The number of amides is 3. The van der Waals surface area contributed by atoms with Gasteiger partial charge in [-0.15, -0.1) is 0 Å². The summed E-state index contributed by atoms with van der Waals surface area (Å²) in [5.74, 6) is 0.0801. The van der Waals surface area contributed by atoms with Gasteiger partial charge in [-0.3, -0.25) is 15.0 Å². The van der Waals surface area contributed by atoms with Gasteiger partial charge in [0.1, 0.15) is 5.82 Å². The van der Waals surface area contributed by atoms with Crippen molar-refractivity contribution in [2.24, 2.45) is 0 Å². The number of nitrogens with one attached hydrogen (secondary N) is 2. The summed E-state index contributed by atoms with van der Waals surface area (Å²) in [5, 5.41) is 5.77. The minimum Gasteiger partial charge on any atom is -0.338 e. The van der Waals surface area contributed by atoms with Gasteiger partial charge in [-0.2, -0.15) is 13.2 Å². The molecule has 0 saturated carbocycles. The van der Waals surface area contributed by atoms with E-state index in [1.807, 2.05) is 0 Å². The van der Waals surface area contributed by atoms with Crippen molar-refractivity contribution in [2.75, 3.05) is 51.1 Å². The average Bonchev–Trinajstić information content (AvgIpc) is 2.73. The zero-order valence-corrected chi connectivity index (χ0v) is 17.1. The summed E-state index contributed by atoms with van der Waals surface area (Å²) in [6, 6.07) is 1.67. The molecule has 2 N–H and O–H groups in total. The largest absolute Gasteiger partial charge is 0.417 e. The van der Waals surface area contributed by atoms with Crippen molar-refractivity contribution in [1.29, 1.82) is 0 Å². The second-order valence-corrected chi connectivity index (χ2v) is 7.77. The van der Waals surface area contributed by atoms with Crippen molar-refractivity contribution in [2.45, 2.75) is 32.1 Å². The predicted octanol–water partition coefficient (Wildman–Crippen LogP) is 1.46. The third kappa shape index (κ3) is 5.39. The van der Waals surface area contributed by atoms with E-state index in [2.05, 4.69) is 34.4 Å². The van der Waals surface area contributed by atoms with Crippen LogP contribution >= 0.6 is 0 Å². The molecule has 2 saturated heterocycles. The van der Waals surface area contributed by atoms with E-state index < -0.39 is 17.8 Å². The van der Waals surface area contributed by atoms with Gasteiger partial charge < -0.3 is 15.1 Å². The quantitative estimate of drug-likeness (QED) is 0.762. The maximum atomic E-state index is 12.8. The number of carbonyl (C=O) groups is 2. The number of nitrogens with zero attached hydrogens (tertiary/aromatic N) is 4. The standard InChI is InChI=1S/C19H27F3N6O2/c1-13(2)28-6-5-23-15(12-28)17(29)26-7-9-27(10-8-26)18(30)25-16-4-3-14(11-24-16)19(20,21)22/h3-4,11,13,15,23H,5-10,12H2,1-2H3,(H,24,25,30)/t15-/m1/s1. The van der Waals surface area contributed by atoms with E-state index >= 15 is 0 Å². The van der Waals surface area contributed by atoms with Crippen molar-refractivity contribution < 1.29 is 22.8 Å². The molecule has 1 aromatic rings. The zero-order valence-electron chi connectivity index (χ0n) is 17.1. The number of urea groups is 1. The molecular formula is C19H27F3N6O2. The summed E-state index contributed by atoms with van der Waals surface area (Å²) >= 11 is 0. The fraction of sp³-hybridized carbons (Fsp3) is 0.632. The molecule has 0 bridgehead atoms. The summed E-state index contributed by atoms with van der Waals surface area (Å²) in [6.45, 7) is 8.06. The molecule has 2 fully saturated rings. The molecule has 0 aromatic carbocycles. The number of carbonyl (C=O) groups excluding carboxylic acids is 2. The summed E-state index contributed by atoms with van der Waals surface area (Å²) < 4.78 is 37.8. The number of halogens is 3. The molecule has 1 atom stereocenters. The van der Waals surface area contributed by atoms with Gasteiger partial charge in [-0.05, 0) is 26.0 Å². The van der Waals surface area contributed by atoms with Crippen LogP contribution in [0, 0.1) is 0 Å². The van der Waals surface area contributed by atoms with Gasteiger partial charge in [0.25, 0.3) is 0 Å². The van der Waals surface area contributed by atoms with Crippen LogP contribution in [0.5, 0.6) is 0 Å². The second kappa shape index (κ2) is 9.17. The number of hydrogen-bond donors (Lipinski definition) is 2. The molecule has 0 spiro atoms. The van der Waals surface area contributed by atoms with E-state index in [1.165, 1.54) is 4.90 Å². The Morgan fingerprint density at radius 1 is 1.13 bits per heavy atom. The molecule has 166 valence electrons. The van der Waals surface area contributed by atoms with Gasteiger partial charge in [-0.1, -0.05) is 0 Å². The maximum Gasteiger partial charge on any atom is 0.417 e. The van der Waals surface area contributed by atoms with Crippen molar-refractivity contribution in [1.82, 2.24) is 25.0 Å². The first-order chi connectivity index (χ1) is 14.1. The number of rotatable bonds is 3. The lowest BCUT2D eigenvalue weighted by atomic mass is 10.1. The molecular weight excluding hydrogens is 401 g/mol. The lowest BCUT2D eigenvalue weighted by Gasteiger charge is -2.40. The maximum absolute atomic E-state index is 12.8. The Morgan fingerprint density at radius 2 is 1.80 bits per heavy atom. The van der Waals surface area contributed by atoms with Crippen molar-refractivity contribution >= 4 is 17.8 Å². The highest BCUT2D eigenvalue weighted by Gasteiger charge is 2.33. The third-order valence-corrected chi connectivity index (χ3v) is 5.44. The van der Waals surface area contributed by atoms with Crippen LogP contribution in [0.15, 0.2) is 18.3 Å². The summed E-state index contributed by atoms with van der Waals surface area (Å²) in [7, 11) is 0. The lowest BCUT2D eigenvalue weighted by Crippen LogP contribution is -2.61. The molecule has 0 aliphatic carbocycles. The first kappa shape index (κ1) is 22.3. The van der Waals surface area contributed by atoms with Crippen LogP contribution < -0.4 is 10.6 Å². The van der Waals surface area contributed by atoms with Gasteiger partial charge in [0.2, 0.25) is 5.91 Å². The Bertz CT molecular complexity index is 748. The van der Waals surface area contributed by atoms with Crippen LogP contribution in [0.1, 0.15) is 19.4 Å². The van der Waals surface area contributed by atoms with Crippen molar-refractivity contribution in [3.63, 3.8) is 0 Å². The molecule has 3 rings (SSSR count). The van der Waals surface area contributed by atoms with Crippen molar-refractivity contribution in [3.05, 3.63) is 23.9 Å². The molecule has 3 amide bonds. The van der Waals surface area contributed by atoms with Crippen LogP contribution in [0.4, 0.5) is 23.8 Å². The number of aromatic nitrogens is 1. The average molecular weight is 428 g/mol. The van der Waals surface area contributed by atoms with E-state index in [-0.39, 0.29) is 17.8 Å². The first-order valence-electron chi connectivity index (χ1n) is 10.0. The molecule has 2 aliphatic rings. The van der Waals surface area contributed by atoms with Gasteiger partial charge in [-0.25, -0.2) is 9.78 Å². The highest BCUT2D eigenvalue weighted by molar-refractivity contribution is 5.88. The minimum atomic E-state index is -4.47. The van der Waals surface area contributed by atoms with Gasteiger partial charge >= 0.3 is 12.2 Å². The van der Waals surface area contributed by atoms with E-state index in [9.17, 15) is 22.8 Å². The SMILES string of the molecule is CC(C)N1CCN[C@@H](C(=O)N2CCN(C(=O)Nc3ccc(C(F)(F)F)cn3)CC2)C1. The zero-order chi connectivity index (χ0) is 21.9. The molecule has 0 radical (unpaired) electrons. The monoisotopic (exact) mass is 428 g/mol. The first-order valence-corrected chi connectivity index (χ1v) is 10.0. The number of piperazine rings is 2. The highest BCUT2D eigenvalue weighted by atomic mass is 19.4. The van der Waals surface area contributed by atoms with Gasteiger partial charge in [0, 0.05) is 58.1 Å². The number of anilines is 1.